The van der Waals surface area contributed by atoms with Gasteiger partial charge in [-0.05, 0) is 36.5 Å². The van der Waals surface area contributed by atoms with Gasteiger partial charge in [-0.1, -0.05) is 43.5 Å². The van der Waals surface area contributed by atoms with Crippen LogP contribution in [0.4, 0.5) is 0 Å². The van der Waals surface area contributed by atoms with E-state index in [-0.39, 0.29) is 5.54 Å². The summed E-state index contributed by atoms with van der Waals surface area (Å²) in [6, 6.07) is 7.98. The molecule has 0 heterocycles. The Balaban J connectivity index is 2.06. The van der Waals surface area contributed by atoms with Gasteiger partial charge in [0.25, 0.3) is 0 Å². The van der Waals surface area contributed by atoms with E-state index < -0.39 is 0 Å². The lowest BCUT2D eigenvalue weighted by atomic mass is 9.64. The molecule has 0 unspecified atom stereocenters. The van der Waals surface area contributed by atoms with E-state index in [4.69, 9.17) is 17.3 Å². The normalized spacial score (nSPS) is 29.9. The Hall–Kier alpha value is -0.530. The smallest absolute Gasteiger partial charge is 0.0415 e. The van der Waals surface area contributed by atoms with Crippen molar-refractivity contribution in [3.63, 3.8) is 0 Å². The summed E-state index contributed by atoms with van der Waals surface area (Å²) in [5.41, 5.74) is 7.45. The SMILES string of the molecule is CCCC1CC(N)(c2cccc(Cl)c2)C1. The van der Waals surface area contributed by atoms with Gasteiger partial charge in [0.1, 0.15) is 0 Å². The Morgan fingerprint density at radius 3 is 2.80 bits per heavy atom. The second-order valence-corrected chi connectivity index (χ2v) is 5.17. The molecule has 0 saturated heterocycles. The zero-order valence-electron chi connectivity index (χ0n) is 9.17. The Morgan fingerprint density at radius 1 is 1.47 bits per heavy atom. The molecule has 0 bridgehead atoms. The predicted molar refractivity (Wildman–Crippen MR) is 64.9 cm³/mol. The van der Waals surface area contributed by atoms with Crippen molar-refractivity contribution >= 4 is 11.6 Å². The molecule has 0 radical (unpaired) electrons. The molecule has 82 valence electrons. The average Bonchev–Trinajstić information content (AvgIpc) is 2.15. The molecule has 1 aliphatic carbocycles. The molecule has 1 fully saturated rings. The minimum atomic E-state index is -0.106. The number of hydrogen-bond donors (Lipinski definition) is 1. The van der Waals surface area contributed by atoms with Crippen molar-refractivity contribution < 1.29 is 0 Å². The summed E-state index contributed by atoms with van der Waals surface area (Å²) in [5, 5.41) is 0.788. The van der Waals surface area contributed by atoms with Crippen molar-refractivity contribution in [2.75, 3.05) is 0 Å². The monoisotopic (exact) mass is 223 g/mol. The van der Waals surface area contributed by atoms with Crippen LogP contribution >= 0.6 is 11.6 Å². The van der Waals surface area contributed by atoms with E-state index in [9.17, 15) is 0 Å². The summed E-state index contributed by atoms with van der Waals surface area (Å²) >= 11 is 5.97. The molecule has 2 N–H and O–H groups in total. The summed E-state index contributed by atoms with van der Waals surface area (Å²) in [4.78, 5) is 0. The second-order valence-electron chi connectivity index (χ2n) is 4.73. The highest BCUT2D eigenvalue weighted by Gasteiger charge is 2.41. The molecule has 1 aliphatic rings. The molecule has 1 aromatic rings. The summed E-state index contributed by atoms with van der Waals surface area (Å²) in [7, 11) is 0. The van der Waals surface area contributed by atoms with Crippen molar-refractivity contribution in [1.29, 1.82) is 0 Å². The molecule has 1 saturated carbocycles. The highest BCUT2D eigenvalue weighted by Crippen LogP contribution is 2.45. The van der Waals surface area contributed by atoms with Gasteiger partial charge in [0.05, 0.1) is 0 Å². The van der Waals surface area contributed by atoms with Crippen LogP contribution in [0.15, 0.2) is 24.3 Å². The Morgan fingerprint density at radius 2 is 2.20 bits per heavy atom. The molecule has 0 amide bonds. The van der Waals surface area contributed by atoms with Crippen LogP contribution in [0.5, 0.6) is 0 Å². The number of rotatable bonds is 3. The van der Waals surface area contributed by atoms with Gasteiger partial charge in [-0.25, -0.2) is 0 Å². The lowest BCUT2D eigenvalue weighted by Gasteiger charge is -2.45. The Bertz CT molecular complexity index is 342. The molecule has 0 aromatic heterocycles. The van der Waals surface area contributed by atoms with E-state index in [1.165, 1.54) is 18.4 Å². The fraction of sp³-hybridized carbons (Fsp3) is 0.538. The molecule has 15 heavy (non-hydrogen) atoms. The van der Waals surface area contributed by atoms with Gasteiger partial charge in [0.15, 0.2) is 0 Å². The first-order valence-electron chi connectivity index (χ1n) is 5.69. The van der Waals surface area contributed by atoms with Crippen LogP contribution in [0.3, 0.4) is 0 Å². The van der Waals surface area contributed by atoms with Crippen LogP contribution in [-0.2, 0) is 5.54 Å². The van der Waals surface area contributed by atoms with E-state index in [1.807, 2.05) is 18.2 Å². The van der Waals surface area contributed by atoms with Gasteiger partial charge < -0.3 is 5.73 Å². The topological polar surface area (TPSA) is 26.0 Å². The third kappa shape index (κ3) is 2.19. The zero-order chi connectivity index (χ0) is 10.9. The van der Waals surface area contributed by atoms with Gasteiger partial charge in [-0.3, -0.25) is 0 Å². The molecule has 2 heteroatoms. The lowest BCUT2D eigenvalue weighted by molar-refractivity contribution is 0.138. The maximum atomic E-state index is 6.36. The standard InChI is InChI=1S/C13H18ClN/c1-2-4-10-8-13(15,9-10)11-5-3-6-12(14)7-11/h3,5-7,10H,2,4,8-9,15H2,1H3. The molecule has 2 rings (SSSR count). The van der Waals surface area contributed by atoms with Gasteiger partial charge in [-0.2, -0.15) is 0 Å². The Kier molecular flexibility index (Phi) is 3.03. The van der Waals surface area contributed by atoms with Gasteiger partial charge in [0, 0.05) is 10.6 Å². The quantitative estimate of drug-likeness (QED) is 0.831. The van der Waals surface area contributed by atoms with E-state index in [2.05, 4.69) is 13.0 Å². The molecule has 0 spiro atoms. The summed E-state index contributed by atoms with van der Waals surface area (Å²) in [6.07, 6.45) is 4.79. The first-order chi connectivity index (χ1) is 7.14. The fourth-order valence-electron chi connectivity index (χ4n) is 2.62. The molecule has 0 aliphatic heterocycles. The van der Waals surface area contributed by atoms with Crippen molar-refractivity contribution in [2.45, 2.75) is 38.1 Å². The maximum Gasteiger partial charge on any atom is 0.0415 e. The van der Waals surface area contributed by atoms with E-state index >= 15 is 0 Å². The van der Waals surface area contributed by atoms with Crippen molar-refractivity contribution in [3.8, 4) is 0 Å². The zero-order valence-corrected chi connectivity index (χ0v) is 9.93. The first kappa shape index (κ1) is 11.0. The van der Waals surface area contributed by atoms with E-state index in [0.717, 1.165) is 23.8 Å². The average molecular weight is 224 g/mol. The number of hydrogen-bond acceptors (Lipinski definition) is 1. The van der Waals surface area contributed by atoms with Crippen LogP contribution in [0.25, 0.3) is 0 Å². The fourth-order valence-corrected chi connectivity index (χ4v) is 2.81. The number of halogens is 1. The van der Waals surface area contributed by atoms with Crippen LogP contribution < -0.4 is 5.73 Å². The molecular formula is C13H18ClN. The summed E-state index contributed by atoms with van der Waals surface area (Å²) < 4.78 is 0. The van der Waals surface area contributed by atoms with Crippen LogP contribution in [0, 0.1) is 5.92 Å². The minimum absolute atomic E-state index is 0.106. The molecule has 1 aromatic carbocycles. The summed E-state index contributed by atoms with van der Waals surface area (Å²) in [6.45, 7) is 2.23. The number of benzene rings is 1. The molecule has 1 nitrogen and oxygen atoms in total. The summed E-state index contributed by atoms with van der Waals surface area (Å²) in [5.74, 6) is 0.819. The first-order valence-corrected chi connectivity index (χ1v) is 6.07. The maximum absolute atomic E-state index is 6.36. The van der Waals surface area contributed by atoms with Crippen LogP contribution in [0.2, 0.25) is 5.02 Å². The third-order valence-electron chi connectivity index (χ3n) is 3.40. The van der Waals surface area contributed by atoms with Crippen molar-refractivity contribution in [3.05, 3.63) is 34.9 Å². The second kappa shape index (κ2) is 4.15. The highest BCUT2D eigenvalue weighted by atomic mass is 35.5. The minimum Gasteiger partial charge on any atom is -0.321 e. The van der Waals surface area contributed by atoms with Gasteiger partial charge >= 0.3 is 0 Å². The number of nitrogens with two attached hydrogens (primary N) is 1. The third-order valence-corrected chi connectivity index (χ3v) is 3.64. The van der Waals surface area contributed by atoms with Crippen LogP contribution in [0.1, 0.15) is 38.2 Å². The van der Waals surface area contributed by atoms with Gasteiger partial charge in [0.2, 0.25) is 0 Å². The Labute approximate surface area is 96.6 Å². The highest BCUT2D eigenvalue weighted by molar-refractivity contribution is 6.30. The molecule has 0 atom stereocenters. The van der Waals surface area contributed by atoms with E-state index in [0.29, 0.717) is 0 Å². The van der Waals surface area contributed by atoms with E-state index in [1.54, 1.807) is 0 Å². The predicted octanol–water partition coefficient (Wildman–Crippen LogP) is 3.70. The molecular weight excluding hydrogens is 206 g/mol. The lowest BCUT2D eigenvalue weighted by Crippen LogP contribution is -2.48. The van der Waals surface area contributed by atoms with Crippen molar-refractivity contribution in [1.82, 2.24) is 0 Å². The van der Waals surface area contributed by atoms with Gasteiger partial charge in [-0.15, -0.1) is 0 Å². The van der Waals surface area contributed by atoms with Crippen LogP contribution in [-0.4, -0.2) is 0 Å². The largest absolute Gasteiger partial charge is 0.321 e. The van der Waals surface area contributed by atoms with Crippen molar-refractivity contribution in [2.24, 2.45) is 11.7 Å².